The predicted molar refractivity (Wildman–Crippen MR) is 60.7 cm³/mol. The van der Waals surface area contributed by atoms with Crippen molar-refractivity contribution in [3.63, 3.8) is 0 Å². The Labute approximate surface area is 103 Å². The van der Waals surface area contributed by atoms with Crippen molar-refractivity contribution >= 4 is 11.6 Å². The molecule has 1 nitrogen and oxygen atoms in total. The van der Waals surface area contributed by atoms with Crippen LogP contribution in [-0.4, -0.2) is 0 Å². The molecule has 2 N–H and O–H groups in total. The van der Waals surface area contributed by atoms with Crippen LogP contribution in [0.5, 0.6) is 0 Å². The summed E-state index contributed by atoms with van der Waals surface area (Å²) in [7, 11) is 0. The molecule has 17 heavy (non-hydrogen) atoms. The summed E-state index contributed by atoms with van der Waals surface area (Å²) in [5.74, 6) is 0.260. The summed E-state index contributed by atoms with van der Waals surface area (Å²) >= 11 is 5.92. The quantitative estimate of drug-likeness (QED) is 0.852. The molecule has 0 aromatic heterocycles. The summed E-state index contributed by atoms with van der Waals surface area (Å²) in [6.45, 7) is 0. The molecule has 0 spiro atoms. The second-order valence-electron chi connectivity index (χ2n) is 4.45. The molecule has 5 heteroatoms. The van der Waals surface area contributed by atoms with Gasteiger partial charge in [-0.15, -0.1) is 0 Å². The molecule has 1 aromatic rings. The van der Waals surface area contributed by atoms with Gasteiger partial charge in [0.25, 0.3) is 0 Å². The van der Waals surface area contributed by atoms with Crippen molar-refractivity contribution in [3.8, 4) is 0 Å². The predicted octanol–water partition coefficient (Wildman–Crippen LogP) is 4.16. The zero-order valence-electron chi connectivity index (χ0n) is 9.10. The van der Waals surface area contributed by atoms with Crippen LogP contribution in [0.4, 0.5) is 13.2 Å². The second-order valence-corrected chi connectivity index (χ2v) is 4.86. The molecule has 1 aliphatic carbocycles. The topological polar surface area (TPSA) is 26.0 Å². The molecule has 0 aliphatic heterocycles. The molecule has 0 bridgehead atoms. The fourth-order valence-electron chi connectivity index (χ4n) is 2.03. The smallest absolute Gasteiger partial charge is 0.324 e. The van der Waals surface area contributed by atoms with Crippen molar-refractivity contribution in [1.29, 1.82) is 0 Å². The normalized spacial score (nSPS) is 18.9. The third kappa shape index (κ3) is 2.58. The molecule has 0 unspecified atom stereocenters. The van der Waals surface area contributed by atoms with Crippen molar-refractivity contribution in [2.75, 3.05) is 0 Å². The minimum Gasteiger partial charge on any atom is -0.324 e. The van der Waals surface area contributed by atoms with Gasteiger partial charge < -0.3 is 5.73 Å². The highest BCUT2D eigenvalue weighted by Crippen LogP contribution is 2.40. The zero-order chi connectivity index (χ0) is 12.6. The molecule has 1 fully saturated rings. The Balaban J connectivity index is 2.31. The first-order valence-electron chi connectivity index (χ1n) is 5.52. The van der Waals surface area contributed by atoms with Crippen molar-refractivity contribution in [2.45, 2.75) is 31.5 Å². The SMILES string of the molecule is N[C@H](c1cc(C(F)(F)F)ccc1Cl)C1CCC1. The summed E-state index contributed by atoms with van der Waals surface area (Å²) in [6.07, 6.45) is -1.32. The Kier molecular flexibility index (Phi) is 3.36. The van der Waals surface area contributed by atoms with Gasteiger partial charge in [0.05, 0.1) is 5.56 Å². The number of benzene rings is 1. The average Bonchev–Trinajstić information content (AvgIpc) is 2.13. The monoisotopic (exact) mass is 263 g/mol. The molecule has 0 heterocycles. The molecular weight excluding hydrogens is 251 g/mol. The van der Waals surface area contributed by atoms with E-state index < -0.39 is 17.8 Å². The lowest BCUT2D eigenvalue weighted by Crippen LogP contribution is -2.27. The van der Waals surface area contributed by atoms with Gasteiger partial charge in [0, 0.05) is 11.1 Å². The molecule has 1 atom stereocenters. The molecule has 0 amide bonds. The van der Waals surface area contributed by atoms with Crippen molar-refractivity contribution in [3.05, 3.63) is 34.3 Å². The Morgan fingerprint density at radius 3 is 2.41 bits per heavy atom. The van der Waals surface area contributed by atoms with Crippen LogP contribution in [0, 0.1) is 5.92 Å². The number of alkyl halides is 3. The molecule has 94 valence electrons. The zero-order valence-corrected chi connectivity index (χ0v) is 9.85. The summed E-state index contributed by atoms with van der Waals surface area (Å²) in [4.78, 5) is 0. The largest absolute Gasteiger partial charge is 0.416 e. The van der Waals surface area contributed by atoms with E-state index in [0.29, 0.717) is 10.6 Å². The minimum absolute atomic E-state index is 0.260. The van der Waals surface area contributed by atoms with Crippen molar-refractivity contribution in [1.82, 2.24) is 0 Å². The Morgan fingerprint density at radius 2 is 1.94 bits per heavy atom. The van der Waals surface area contributed by atoms with Gasteiger partial charge in [-0.1, -0.05) is 18.0 Å². The van der Waals surface area contributed by atoms with E-state index >= 15 is 0 Å². The maximum atomic E-state index is 12.6. The van der Waals surface area contributed by atoms with E-state index in [2.05, 4.69) is 0 Å². The van der Waals surface area contributed by atoms with E-state index in [1.165, 1.54) is 6.07 Å². The molecule has 2 rings (SSSR count). The highest BCUT2D eigenvalue weighted by atomic mass is 35.5. The summed E-state index contributed by atoms with van der Waals surface area (Å²) in [6, 6.07) is 2.95. The van der Waals surface area contributed by atoms with Crippen LogP contribution < -0.4 is 5.73 Å². The average molecular weight is 264 g/mol. The first kappa shape index (κ1) is 12.7. The van der Waals surface area contributed by atoms with E-state index in [1.807, 2.05) is 0 Å². The number of halogens is 4. The van der Waals surface area contributed by atoms with E-state index in [1.54, 1.807) is 0 Å². The van der Waals surface area contributed by atoms with Crippen molar-refractivity contribution in [2.24, 2.45) is 11.7 Å². The lowest BCUT2D eigenvalue weighted by molar-refractivity contribution is -0.137. The fraction of sp³-hybridized carbons (Fsp3) is 0.500. The van der Waals surface area contributed by atoms with Gasteiger partial charge >= 0.3 is 6.18 Å². The Bertz CT molecular complexity index is 413. The third-order valence-electron chi connectivity index (χ3n) is 3.34. The van der Waals surface area contributed by atoms with E-state index in [9.17, 15) is 13.2 Å². The van der Waals surface area contributed by atoms with Gasteiger partial charge in [-0.25, -0.2) is 0 Å². The standard InChI is InChI=1S/C12H13ClF3N/c13-10-5-4-8(12(14,15)16)6-9(10)11(17)7-2-1-3-7/h4-7,11H,1-3,17H2/t11-/m0/s1. The van der Waals surface area contributed by atoms with Gasteiger partial charge in [0.1, 0.15) is 0 Å². The van der Waals surface area contributed by atoms with Gasteiger partial charge in [-0.2, -0.15) is 13.2 Å². The maximum Gasteiger partial charge on any atom is 0.416 e. The van der Waals surface area contributed by atoms with Crippen LogP contribution in [0.2, 0.25) is 5.02 Å². The summed E-state index contributed by atoms with van der Waals surface area (Å²) in [5.41, 5.74) is 5.68. The Morgan fingerprint density at radius 1 is 1.29 bits per heavy atom. The summed E-state index contributed by atoms with van der Waals surface area (Å²) in [5, 5.41) is 0.317. The van der Waals surface area contributed by atoms with E-state index in [4.69, 9.17) is 17.3 Å². The lowest BCUT2D eigenvalue weighted by atomic mass is 9.77. The summed E-state index contributed by atoms with van der Waals surface area (Å²) < 4.78 is 37.7. The maximum absolute atomic E-state index is 12.6. The third-order valence-corrected chi connectivity index (χ3v) is 3.68. The van der Waals surface area contributed by atoms with Crippen molar-refractivity contribution < 1.29 is 13.2 Å². The van der Waals surface area contributed by atoms with Crippen LogP contribution in [-0.2, 0) is 6.18 Å². The number of nitrogens with two attached hydrogens (primary N) is 1. The fourth-order valence-corrected chi connectivity index (χ4v) is 2.27. The highest BCUT2D eigenvalue weighted by molar-refractivity contribution is 6.31. The van der Waals surface area contributed by atoms with E-state index in [-0.39, 0.29) is 5.92 Å². The molecule has 1 saturated carbocycles. The molecule has 1 aromatic carbocycles. The van der Waals surface area contributed by atoms with Crippen LogP contribution in [0.25, 0.3) is 0 Å². The Hall–Kier alpha value is -0.740. The molecule has 0 radical (unpaired) electrons. The van der Waals surface area contributed by atoms with Gasteiger partial charge in [0.15, 0.2) is 0 Å². The van der Waals surface area contributed by atoms with E-state index in [0.717, 1.165) is 31.4 Å². The first-order chi connectivity index (χ1) is 7.89. The van der Waals surface area contributed by atoms with Gasteiger partial charge in [-0.3, -0.25) is 0 Å². The first-order valence-corrected chi connectivity index (χ1v) is 5.89. The van der Waals surface area contributed by atoms with Crippen LogP contribution in [0.1, 0.15) is 36.4 Å². The highest BCUT2D eigenvalue weighted by Gasteiger charge is 2.33. The number of rotatable bonds is 2. The molecule has 1 aliphatic rings. The van der Waals surface area contributed by atoms with Gasteiger partial charge in [0.2, 0.25) is 0 Å². The molecule has 0 saturated heterocycles. The van der Waals surface area contributed by atoms with Crippen LogP contribution in [0.3, 0.4) is 0 Å². The number of hydrogen-bond donors (Lipinski definition) is 1. The minimum atomic E-state index is -4.35. The van der Waals surface area contributed by atoms with Crippen LogP contribution >= 0.6 is 11.6 Å². The van der Waals surface area contributed by atoms with Crippen LogP contribution in [0.15, 0.2) is 18.2 Å². The van der Waals surface area contributed by atoms with Gasteiger partial charge in [-0.05, 0) is 42.5 Å². The lowest BCUT2D eigenvalue weighted by Gasteiger charge is -2.32. The second kappa shape index (κ2) is 4.50. The number of hydrogen-bond acceptors (Lipinski definition) is 1. The molecular formula is C12H13ClF3N.